The molecule has 0 aliphatic heterocycles. The van der Waals surface area contributed by atoms with Crippen molar-refractivity contribution in [1.29, 1.82) is 0 Å². The molecule has 6 nitrogen and oxygen atoms in total. The fourth-order valence-electron chi connectivity index (χ4n) is 1.37. The van der Waals surface area contributed by atoms with E-state index in [1.165, 1.54) is 19.0 Å². The molecule has 20 heavy (non-hydrogen) atoms. The van der Waals surface area contributed by atoms with Crippen molar-refractivity contribution >= 4 is 21.6 Å². The van der Waals surface area contributed by atoms with Crippen LogP contribution in [0, 0.1) is 11.6 Å². The number of carbonyl (C=O) groups is 1. The van der Waals surface area contributed by atoms with Gasteiger partial charge in [0.15, 0.2) is 11.6 Å². The van der Waals surface area contributed by atoms with E-state index in [1.807, 2.05) is 4.72 Å². The summed E-state index contributed by atoms with van der Waals surface area (Å²) in [7, 11) is -1.24. The van der Waals surface area contributed by atoms with Crippen LogP contribution in [-0.2, 0) is 14.8 Å². The molecule has 1 rings (SSSR count). The smallest absolute Gasteiger partial charge is 0.243 e. The van der Waals surface area contributed by atoms with Gasteiger partial charge in [-0.1, -0.05) is 0 Å². The van der Waals surface area contributed by atoms with Gasteiger partial charge in [0.2, 0.25) is 15.9 Å². The van der Waals surface area contributed by atoms with Crippen LogP contribution in [0.1, 0.15) is 6.42 Å². The lowest BCUT2D eigenvalue weighted by atomic mass is 10.3. The van der Waals surface area contributed by atoms with Gasteiger partial charge in [0, 0.05) is 32.7 Å². The summed E-state index contributed by atoms with van der Waals surface area (Å²) >= 11 is 0. The van der Waals surface area contributed by atoms with E-state index in [9.17, 15) is 22.0 Å². The minimum atomic E-state index is -4.27. The van der Waals surface area contributed by atoms with Gasteiger partial charge in [-0.3, -0.25) is 4.79 Å². The van der Waals surface area contributed by atoms with Gasteiger partial charge in [-0.05, 0) is 12.1 Å². The van der Waals surface area contributed by atoms with E-state index < -0.39 is 26.6 Å². The molecule has 112 valence electrons. The number of hydrogen-bond acceptors (Lipinski definition) is 4. The molecule has 0 saturated carbocycles. The summed E-state index contributed by atoms with van der Waals surface area (Å²) < 4.78 is 52.2. The van der Waals surface area contributed by atoms with Crippen molar-refractivity contribution in [3.8, 4) is 0 Å². The zero-order valence-corrected chi connectivity index (χ0v) is 11.8. The Morgan fingerprint density at radius 1 is 1.35 bits per heavy atom. The Bertz CT molecular complexity index is 618. The summed E-state index contributed by atoms with van der Waals surface area (Å²) in [6.45, 7) is -0.227. The van der Waals surface area contributed by atoms with Crippen LogP contribution in [0.5, 0.6) is 0 Å². The Morgan fingerprint density at radius 2 is 1.95 bits per heavy atom. The number of anilines is 1. The lowest BCUT2D eigenvalue weighted by Gasteiger charge is -2.11. The fraction of sp³-hybridized carbons (Fsp3) is 0.364. The molecule has 0 radical (unpaired) electrons. The Hall–Kier alpha value is -1.74. The zero-order valence-electron chi connectivity index (χ0n) is 11.0. The van der Waals surface area contributed by atoms with E-state index in [2.05, 4.69) is 0 Å². The molecule has 0 bridgehead atoms. The number of rotatable bonds is 5. The minimum Gasteiger partial charge on any atom is -0.399 e. The van der Waals surface area contributed by atoms with Crippen LogP contribution in [-0.4, -0.2) is 39.9 Å². The highest BCUT2D eigenvalue weighted by Gasteiger charge is 2.22. The van der Waals surface area contributed by atoms with Gasteiger partial charge < -0.3 is 10.6 Å². The van der Waals surface area contributed by atoms with Gasteiger partial charge in [-0.25, -0.2) is 21.9 Å². The first-order valence-corrected chi connectivity index (χ1v) is 7.08. The van der Waals surface area contributed by atoms with Crippen LogP contribution in [0.3, 0.4) is 0 Å². The summed E-state index contributed by atoms with van der Waals surface area (Å²) in [4.78, 5) is 11.7. The molecule has 0 aliphatic carbocycles. The Kier molecular flexibility index (Phi) is 5.01. The van der Waals surface area contributed by atoms with Gasteiger partial charge >= 0.3 is 0 Å². The second-order valence-electron chi connectivity index (χ2n) is 4.25. The van der Waals surface area contributed by atoms with E-state index in [0.717, 1.165) is 6.07 Å². The first-order valence-electron chi connectivity index (χ1n) is 5.59. The van der Waals surface area contributed by atoms with Gasteiger partial charge in [0.25, 0.3) is 0 Å². The van der Waals surface area contributed by atoms with E-state index in [1.54, 1.807) is 0 Å². The molecule has 0 spiro atoms. The van der Waals surface area contributed by atoms with Crippen molar-refractivity contribution in [2.45, 2.75) is 11.3 Å². The summed E-state index contributed by atoms with van der Waals surface area (Å²) in [6, 6.07) is 1.50. The van der Waals surface area contributed by atoms with Gasteiger partial charge in [-0.2, -0.15) is 0 Å². The molecule has 1 aromatic carbocycles. The zero-order chi connectivity index (χ0) is 15.5. The number of nitrogens with zero attached hydrogens (tertiary/aromatic N) is 1. The van der Waals surface area contributed by atoms with Crippen LogP contribution < -0.4 is 10.5 Å². The van der Waals surface area contributed by atoms with Crippen LogP contribution in [0.2, 0.25) is 0 Å². The second kappa shape index (κ2) is 6.14. The maximum Gasteiger partial charge on any atom is 0.243 e. The monoisotopic (exact) mass is 307 g/mol. The molecule has 3 N–H and O–H groups in total. The minimum absolute atomic E-state index is 0.0986. The largest absolute Gasteiger partial charge is 0.399 e. The fourth-order valence-corrected chi connectivity index (χ4v) is 2.52. The van der Waals surface area contributed by atoms with Crippen LogP contribution in [0.4, 0.5) is 14.5 Å². The standard InChI is InChI=1S/C11H15F2N3O3S/c1-16(2)10(17)3-4-15-20(18,19)9-6-7(14)5-8(12)11(9)13/h5-6,15H,3-4,14H2,1-2H3. The predicted molar refractivity (Wildman–Crippen MR) is 69.3 cm³/mol. The number of halogens is 2. The summed E-state index contributed by atoms with van der Waals surface area (Å²) in [6.07, 6.45) is -0.0986. The number of amides is 1. The molecule has 0 unspecified atom stereocenters. The SMILES string of the molecule is CN(C)C(=O)CCNS(=O)(=O)c1cc(N)cc(F)c1F. The first-order chi connectivity index (χ1) is 9.15. The molecule has 0 aromatic heterocycles. The van der Waals surface area contributed by atoms with E-state index in [0.29, 0.717) is 6.07 Å². The lowest BCUT2D eigenvalue weighted by molar-refractivity contribution is -0.128. The van der Waals surface area contributed by atoms with Crippen LogP contribution in [0.15, 0.2) is 17.0 Å². The molecule has 0 heterocycles. The van der Waals surface area contributed by atoms with E-state index in [-0.39, 0.29) is 24.6 Å². The van der Waals surface area contributed by atoms with Crippen LogP contribution >= 0.6 is 0 Å². The summed E-state index contributed by atoms with van der Waals surface area (Å²) in [5, 5.41) is 0. The maximum absolute atomic E-state index is 13.5. The Morgan fingerprint density at radius 3 is 2.50 bits per heavy atom. The van der Waals surface area contributed by atoms with Crippen molar-refractivity contribution in [3.63, 3.8) is 0 Å². The molecule has 0 saturated heterocycles. The average Bonchev–Trinajstić information content (AvgIpc) is 2.33. The van der Waals surface area contributed by atoms with Gasteiger partial charge in [0.1, 0.15) is 4.90 Å². The van der Waals surface area contributed by atoms with Crippen molar-refractivity contribution in [2.24, 2.45) is 0 Å². The highest BCUT2D eigenvalue weighted by molar-refractivity contribution is 7.89. The number of hydrogen-bond donors (Lipinski definition) is 2. The lowest BCUT2D eigenvalue weighted by Crippen LogP contribution is -2.30. The quantitative estimate of drug-likeness (QED) is 0.765. The van der Waals surface area contributed by atoms with Gasteiger partial charge in [-0.15, -0.1) is 0 Å². The summed E-state index contributed by atoms with van der Waals surface area (Å²) in [5.41, 5.74) is 5.07. The molecule has 1 aromatic rings. The van der Waals surface area contributed by atoms with Gasteiger partial charge in [0.05, 0.1) is 0 Å². The number of sulfonamides is 1. The van der Waals surface area contributed by atoms with E-state index >= 15 is 0 Å². The van der Waals surface area contributed by atoms with Crippen molar-refractivity contribution in [2.75, 3.05) is 26.4 Å². The molecule has 0 fully saturated rings. The van der Waals surface area contributed by atoms with Crippen molar-refractivity contribution in [1.82, 2.24) is 9.62 Å². The Balaban J connectivity index is 2.88. The predicted octanol–water partition coefficient (Wildman–Crippen LogP) is 0.304. The normalized spacial score (nSPS) is 11.4. The number of carbonyl (C=O) groups excluding carboxylic acids is 1. The number of benzene rings is 1. The third-order valence-corrected chi connectivity index (χ3v) is 3.90. The third-order valence-electron chi connectivity index (χ3n) is 2.44. The van der Waals surface area contributed by atoms with Crippen molar-refractivity contribution in [3.05, 3.63) is 23.8 Å². The molecule has 0 atom stereocenters. The number of nitrogens with two attached hydrogens (primary N) is 1. The molecule has 0 aliphatic rings. The highest BCUT2D eigenvalue weighted by atomic mass is 32.2. The summed E-state index contributed by atoms with van der Waals surface area (Å²) in [5.74, 6) is -3.16. The highest BCUT2D eigenvalue weighted by Crippen LogP contribution is 2.20. The topological polar surface area (TPSA) is 92.5 Å². The average molecular weight is 307 g/mol. The molecule has 9 heteroatoms. The van der Waals surface area contributed by atoms with Crippen LogP contribution in [0.25, 0.3) is 0 Å². The second-order valence-corrected chi connectivity index (χ2v) is 5.99. The number of nitrogens with one attached hydrogen (secondary N) is 1. The molecule has 1 amide bonds. The van der Waals surface area contributed by atoms with E-state index in [4.69, 9.17) is 5.73 Å². The maximum atomic E-state index is 13.5. The molecular weight excluding hydrogens is 292 g/mol. The number of nitrogen functional groups attached to an aromatic ring is 1. The molecular formula is C11H15F2N3O3S. The first kappa shape index (κ1) is 16.3. The Labute approximate surface area is 115 Å². The third kappa shape index (κ3) is 3.87. The van der Waals surface area contributed by atoms with Crippen molar-refractivity contribution < 1.29 is 22.0 Å².